The van der Waals surface area contributed by atoms with Crippen LogP contribution in [0, 0.1) is 5.41 Å². The standard InChI is InChI=1S/C14H27N3O2/c1-3-5-9-17(10-12(15)18)13(19)14(6-4-2)7-8-16-11-14/h16H,3-11H2,1-2H3,(H2,15,18). The van der Waals surface area contributed by atoms with Gasteiger partial charge in [-0.15, -0.1) is 0 Å². The molecule has 0 aliphatic carbocycles. The van der Waals surface area contributed by atoms with E-state index in [-0.39, 0.29) is 17.9 Å². The number of nitrogens with two attached hydrogens (primary N) is 1. The van der Waals surface area contributed by atoms with Crippen molar-refractivity contribution in [3.63, 3.8) is 0 Å². The fraction of sp³-hybridized carbons (Fsp3) is 0.857. The van der Waals surface area contributed by atoms with E-state index in [1.54, 1.807) is 4.90 Å². The van der Waals surface area contributed by atoms with Gasteiger partial charge >= 0.3 is 0 Å². The highest BCUT2D eigenvalue weighted by atomic mass is 16.2. The number of amides is 2. The number of rotatable bonds is 8. The summed E-state index contributed by atoms with van der Waals surface area (Å²) in [6, 6.07) is 0. The first-order valence-electron chi connectivity index (χ1n) is 7.34. The van der Waals surface area contributed by atoms with E-state index in [0.717, 1.165) is 45.2 Å². The summed E-state index contributed by atoms with van der Waals surface area (Å²) in [6.45, 7) is 6.45. The molecule has 2 amide bonds. The normalized spacial score (nSPS) is 22.4. The Morgan fingerprint density at radius 1 is 1.32 bits per heavy atom. The molecule has 0 bridgehead atoms. The van der Waals surface area contributed by atoms with Gasteiger partial charge in [0.25, 0.3) is 0 Å². The van der Waals surface area contributed by atoms with Crippen LogP contribution in [0.4, 0.5) is 0 Å². The van der Waals surface area contributed by atoms with Gasteiger partial charge in [-0.1, -0.05) is 26.7 Å². The van der Waals surface area contributed by atoms with Gasteiger partial charge in [0.15, 0.2) is 0 Å². The highest BCUT2D eigenvalue weighted by Crippen LogP contribution is 2.33. The quantitative estimate of drug-likeness (QED) is 0.687. The van der Waals surface area contributed by atoms with Crippen LogP contribution in [0.5, 0.6) is 0 Å². The largest absolute Gasteiger partial charge is 0.368 e. The minimum absolute atomic E-state index is 0.0459. The van der Waals surface area contributed by atoms with Crippen molar-refractivity contribution in [3.05, 3.63) is 0 Å². The summed E-state index contributed by atoms with van der Waals surface area (Å²) >= 11 is 0. The van der Waals surface area contributed by atoms with E-state index in [4.69, 9.17) is 5.73 Å². The summed E-state index contributed by atoms with van der Waals surface area (Å²) in [5, 5.41) is 3.28. The van der Waals surface area contributed by atoms with Crippen molar-refractivity contribution in [1.82, 2.24) is 10.2 Å². The van der Waals surface area contributed by atoms with Gasteiger partial charge in [0.1, 0.15) is 0 Å². The average molecular weight is 269 g/mol. The molecule has 5 heteroatoms. The maximum atomic E-state index is 12.8. The highest BCUT2D eigenvalue weighted by Gasteiger charge is 2.42. The monoisotopic (exact) mass is 269 g/mol. The molecule has 1 aliphatic heterocycles. The van der Waals surface area contributed by atoms with Crippen molar-refractivity contribution in [1.29, 1.82) is 0 Å². The molecular weight excluding hydrogens is 242 g/mol. The van der Waals surface area contributed by atoms with Crippen LogP contribution in [-0.4, -0.2) is 42.9 Å². The summed E-state index contributed by atoms with van der Waals surface area (Å²) < 4.78 is 0. The van der Waals surface area contributed by atoms with Crippen LogP contribution in [0.2, 0.25) is 0 Å². The fourth-order valence-electron chi connectivity index (χ4n) is 2.85. The molecule has 1 unspecified atom stereocenters. The minimum Gasteiger partial charge on any atom is -0.368 e. The third kappa shape index (κ3) is 4.20. The molecule has 1 fully saturated rings. The molecule has 1 saturated heterocycles. The van der Waals surface area contributed by atoms with Crippen molar-refractivity contribution in [2.45, 2.75) is 46.0 Å². The Hall–Kier alpha value is -1.10. The predicted molar refractivity (Wildman–Crippen MR) is 75.5 cm³/mol. The smallest absolute Gasteiger partial charge is 0.237 e. The zero-order valence-corrected chi connectivity index (χ0v) is 12.2. The number of unbranched alkanes of at least 4 members (excludes halogenated alkanes) is 1. The molecule has 1 atom stereocenters. The predicted octanol–water partition coefficient (Wildman–Crippen LogP) is 0.880. The summed E-state index contributed by atoms with van der Waals surface area (Å²) in [6.07, 6.45) is 4.63. The van der Waals surface area contributed by atoms with Crippen molar-refractivity contribution in [3.8, 4) is 0 Å². The molecule has 0 aromatic carbocycles. The number of hydrogen-bond donors (Lipinski definition) is 2. The SMILES string of the molecule is CCCCN(CC(N)=O)C(=O)C1(CCC)CCNC1. The fourth-order valence-corrected chi connectivity index (χ4v) is 2.85. The molecule has 110 valence electrons. The molecule has 19 heavy (non-hydrogen) atoms. The number of nitrogens with zero attached hydrogens (tertiary/aromatic N) is 1. The topological polar surface area (TPSA) is 75.4 Å². The molecule has 3 N–H and O–H groups in total. The Bertz CT molecular complexity index is 312. The number of carbonyl (C=O) groups excluding carboxylic acids is 2. The lowest BCUT2D eigenvalue weighted by Crippen LogP contribution is -2.48. The lowest BCUT2D eigenvalue weighted by Gasteiger charge is -2.33. The third-order valence-electron chi connectivity index (χ3n) is 3.84. The van der Waals surface area contributed by atoms with Crippen molar-refractivity contribution in [2.24, 2.45) is 11.1 Å². The van der Waals surface area contributed by atoms with Gasteiger partial charge in [0.05, 0.1) is 12.0 Å². The summed E-state index contributed by atoms with van der Waals surface area (Å²) in [4.78, 5) is 25.6. The van der Waals surface area contributed by atoms with E-state index >= 15 is 0 Å². The second-order valence-corrected chi connectivity index (χ2v) is 5.50. The molecule has 0 radical (unpaired) electrons. The van der Waals surface area contributed by atoms with Gasteiger partial charge in [-0.25, -0.2) is 0 Å². The molecule has 0 spiro atoms. The third-order valence-corrected chi connectivity index (χ3v) is 3.84. The van der Waals surface area contributed by atoms with E-state index in [1.807, 2.05) is 0 Å². The van der Waals surface area contributed by atoms with Crippen LogP contribution in [0.15, 0.2) is 0 Å². The van der Waals surface area contributed by atoms with Crippen LogP contribution in [0.1, 0.15) is 46.0 Å². The van der Waals surface area contributed by atoms with Crippen molar-refractivity contribution in [2.75, 3.05) is 26.2 Å². The summed E-state index contributed by atoms with van der Waals surface area (Å²) in [5.41, 5.74) is 4.95. The maximum Gasteiger partial charge on any atom is 0.237 e. The van der Waals surface area contributed by atoms with Gasteiger partial charge < -0.3 is 16.0 Å². The maximum absolute atomic E-state index is 12.8. The molecule has 1 aliphatic rings. The van der Waals surface area contributed by atoms with Crippen LogP contribution < -0.4 is 11.1 Å². The molecule has 1 rings (SSSR count). The minimum atomic E-state index is -0.429. The van der Waals surface area contributed by atoms with E-state index in [1.165, 1.54) is 0 Å². The average Bonchev–Trinajstić information content (AvgIpc) is 2.83. The van der Waals surface area contributed by atoms with Crippen molar-refractivity contribution < 1.29 is 9.59 Å². The Labute approximate surface area is 115 Å². The Morgan fingerprint density at radius 3 is 2.53 bits per heavy atom. The van der Waals surface area contributed by atoms with Gasteiger partial charge in [-0.2, -0.15) is 0 Å². The van der Waals surface area contributed by atoms with E-state index < -0.39 is 5.91 Å². The van der Waals surface area contributed by atoms with Gasteiger partial charge in [0.2, 0.25) is 11.8 Å². The van der Waals surface area contributed by atoms with Gasteiger partial charge in [0, 0.05) is 13.1 Å². The number of hydrogen-bond acceptors (Lipinski definition) is 3. The van der Waals surface area contributed by atoms with Gasteiger partial charge in [-0.05, 0) is 25.8 Å². The Kier molecular flexibility index (Phi) is 6.28. The first-order valence-corrected chi connectivity index (χ1v) is 7.34. The molecule has 0 aromatic rings. The highest BCUT2D eigenvalue weighted by molar-refractivity contribution is 5.87. The number of primary amides is 1. The zero-order chi connectivity index (χ0) is 14.3. The second kappa shape index (κ2) is 7.48. The van der Waals surface area contributed by atoms with Crippen LogP contribution in [-0.2, 0) is 9.59 Å². The van der Waals surface area contributed by atoms with Crippen molar-refractivity contribution >= 4 is 11.8 Å². The van der Waals surface area contributed by atoms with E-state index in [0.29, 0.717) is 6.54 Å². The molecule has 0 aromatic heterocycles. The van der Waals surface area contributed by atoms with Crippen LogP contribution in [0.25, 0.3) is 0 Å². The molecule has 0 saturated carbocycles. The van der Waals surface area contributed by atoms with E-state index in [9.17, 15) is 9.59 Å². The Balaban J connectivity index is 2.79. The number of nitrogens with one attached hydrogen (secondary N) is 1. The molecular formula is C14H27N3O2. The summed E-state index contributed by atoms with van der Waals surface area (Å²) in [7, 11) is 0. The molecule has 1 heterocycles. The molecule has 5 nitrogen and oxygen atoms in total. The lowest BCUT2D eigenvalue weighted by molar-refractivity contribution is -0.144. The first-order chi connectivity index (χ1) is 9.05. The first kappa shape index (κ1) is 16.0. The Morgan fingerprint density at radius 2 is 2.05 bits per heavy atom. The lowest BCUT2D eigenvalue weighted by atomic mass is 9.81. The van der Waals surface area contributed by atoms with Crippen LogP contribution >= 0.6 is 0 Å². The number of carbonyl (C=O) groups is 2. The zero-order valence-electron chi connectivity index (χ0n) is 12.2. The summed E-state index contributed by atoms with van der Waals surface area (Å²) in [5.74, 6) is -0.325. The van der Waals surface area contributed by atoms with Gasteiger partial charge in [-0.3, -0.25) is 9.59 Å². The van der Waals surface area contributed by atoms with E-state index in [2.05, 4.69) is 19.2 Å². The second-order valence-electron chi connectivity index (χ2n) is 5.50. The van der Waals surface area contributed by atoms with Crippen LogP contribution in [0.3, 0.4) is 0 Å².